The van der Waals surface area contributed by atoms with E-state index in [9.17, 15) is 14.7 Å². The van der Waals surface area contributed by atoms with Gasteiger partial charge < -0.3 is 15.2 Å². The van der Waals surface area contributed by atoms with Gasteiger partial charge in [0, 0.05) is 5.92 Å². The van der Waals surface area contributed by atoms with Crippen molar-refractivity contribution >= 4 is 12.1 Å². The van der Waals surface area contributed by atoms with Gasteiger partial charge >= 0.3 is 12.1 Å². The van der Waals surface area contributed by atoms with Crippen molar-refractivity contribution < 1.29 is 19.4 Å². The maximum Gasteiger partial charge on any atom is 0.408 e. The van der Waals surface area contributed by atoms with Crippen LogP contribution in [0, 0.1) is 0 Å². The Morgan fingerprint density at radius 1 is 0.786 bits per heavy atom. The molecule has 0 spiro atoms. The molecule has 0 saturated carbocycles. The zero-order chi connectivity index (χ0) is 19.8. The minimum absolute atomic E-state index is 0.0698. The second kappa shape index (κ2) is 9.37. The summed E-state index contributed by atoms with van der Waals surface area (Å²) in [4.78, 5) is 24.3. The molecule has 2 N–H and O–H groups in total. The van der Waals surface area contributed by atoms with Crippen LogP contribution in [0.25, 0.3) is 0 Å². The minimum Gasteiger partial charge on any atom is -0.480 e. The van der Waals surface area contributed by atoms with E-state index in [-0.39, 0.29) is 6.61 Å². The molecule has 28 heavy (non-hydrogen) atoms. The van der Waals surface area contributed by atoms with Crippen molar-refractivity contribution in [3.63, 3.8) is 0 Å². The van der Waals surface area contributed by atoms with Gasteiger partial charge in [-0.15, -0.1) is 0 Å². The van der Waals surface area contributed by atoms with Crippen LogP contribution in [0.1, 0.15) is 22.6 Å². The van der Waals surface area contributed by atoms with Gasteiger partial charge in [0.05, 0.1) is 0 Å². The van der Waals surface area contributed by atoms with Crippen LogP contribution in [0.3, 0.4) is 0 Å². The summed E-state index contributed by atoms with van der Waals surface area (Å²) in [5, 5.41) is 12.4. The molecule has 5 nitrogen and oxygen atoms in total. The molecule has 3 aromatic carbocycles. The first-order chi connectivity index (χ1) is 13.6. The number of alkyl carbamates (subject to hydrolysis) is 1. The third-order valence-electron chi connectivity index (χ3n) is 4.40. The van der Waals surface area contributed by atoms with Gasteiger partial charge in [-0.2, -0.15) is 0 Å². The second-order valence-corrected chi connectivity index (χ2v) is 6.32. The molecule has 3 aromatic rings. The van der Waals surface area contributed by atoms with Gasteiger partial charge in [-0.05, 0) is 16.7 Å². The largest absolute Gasteiger partial charge is 0.480 e. The zero-order valence-electron chi connectivity index (χ0n) is 15.2. The quantitative estimate of drug-likeness (QED) is 0.649. The van der Waals surface area contributed by atoms with Gasteiger partial charge in [0.15, 0.2) is 0 Å². The Labute approximate surface area is 163 Å². The lowest BCUT2D eigenvalue weighted by atomic mass is 9.85. The predicted molar refractivity (Wildman–Crippen MR) is 106 cm³/mol. The van der Waals surface area contributed by atoms with Crippen LogP contribution < -0.4 is 5.32 Å². The van der Waals surface area contributed by atoms with E-state index in [1.807, 2.05) is 91.0 Å². The lowest BCUT2D eigenvalue weighted by Gasteiger charge is -2.25. The fourth-order valence-corrected chi connectivity index (χ4v) is 3.08. The molecule has 5 heteroatoms. The van der Waals surface area contributed by atoms with Gasteiger partial charge in [0.1, 0.15) is 12.6 Å². The number of carboxylic acid groups (broad SMARTS) is 1. The highest BCUT2D eigenvalue weighted by Crippen LogP contribution is 2.28. The minimum atomic E-state index is -1.17. The third kappa shape index (κ3) is 4.98. The van der Waals surface area contributed by atoms with Crippen molar-refractivity contribution in [3.05, 3.63) is 108 Å². The molecule has 0 saturated heterocycles. The molecular formula is C23H21NO4. The zero-order valence-corrected chi connectivity index (χ0v) is 15.2. The van der Waals surface area contributed by atoms with Crippen LogP contribution in [-0.4, -0.2) is 23.2 Å². The number of carboxylic acids is 1. The lowest BCUT2D eigenvalue weighted by molar-refractivity contribution is -0.139. The molecule has 0 aromatic heterocycles. The molecule has 0 heterocycles. The second-order valence-electron chi connectivity index (χ2n) is 6.32. The van der Waals surface area contributed by atoms with Crippen LogP contribution in [0.15, 0.2) is 91.0 Å². The Bertz CT molecular complexity index is 858. The first kappa shape index (κ1) is 19.2. The Morgan fingerprint density at radius 2 is 1.25 bits per heavy atom. The molecule has 0 unspecified atom stereocenters. The number of hydrogen-bond donors (Lipinski definition) is 2. The van der Waals surface area contributed by atoms with Crippen molar-refractivity contribution in [2.45, 2.75) is 18.6 Å². The average molecular weight is 375 g/mol. The van der Waals surface area contributed by atoms with Crippen LogP contribution in [0.4, 0.5) is 4.79 Å². The highest BCUT2D eigenvalue weighted by Gasteiger charge is 2.32. The summed E-state index contributed by atoms with van der Waals surface area (Å²) in [6.45, 7) is 0.0698. The van der Waals surface area contributed by atoms with E-state index >= 15 is 0 Å². The SMILES string of the molecule is O=C(N[C@@H](C(=O)O)C(c1ccccc1)c1ccccc1)OCc1ccccc1. The lowest BCUT2D eigenvalue weighted by Crippen LogP contribution is -2.45. The van der Waals surface area contributed by atoms with E-state index in [1.165, 1.54) is 0 Å². The molecule has 1 amide bonds. The predicted octanol–water partition coefficient (Wildman–Crippen LogP) is 4.20. The summed E-state index contributed by atoms with van der Waals surface area (Å²) in [5.74, 6) is -1.68. The average Bonchev–Trinajstić information content (AvgIpc) is 2.74. The molecule has 0 radical (unpaired) electrons. The molecule has 0 aliphatic rings. The Kier molecular flexibility index (Phi) is 6.41. The van der Waals surface area contributed by atoms with E-state index in [4.69, 9.17) is 4.74 Å². The molecule has 1 atom stereocenters. The molecular weight excluding hydrogens is 354 g/mol. The Balaban J connectivity index is 1.81. The summed E-state index contributed by atoms with van der Waals surface area (Å²) in [6.07, 6.45) is -0.770. The van der Waals surface area contributed by atoms with E-state index < -0.39 is 24.0 Å². The van der Waals surface area contributed by atoms with Gasteiger partial charge in [-0.25, -0.2) is 9.59 Å². The first-order valence-electron chi connectivity index (χ1n) is 8.95. The number of aliphatic carboxylic acids is 1. The van der Waals surface area contributed by atoms with Crippen molar-refractivity contribution in [2.24, 2.45) is 0 Å². The van der Waals surface area contributed by atoms with Crippen molar-refractivity contribution in [2.75, 3.05) is 0 Å². The van der Waals surface area contributed by atoms with Crippen molar-refractivity contribution in [1.29, 1.82) is 0 Å². The van der Waals surface area contributed by atoms with E-state index in [2.05, 4.69) is 5.32 Å². The number of carbonyl (C=O) groups excluding carboxylic acids is 1. The van der Waals surface area contributed by atoms with Gasteiger partial charge in [-0.3, -0.25) is 0 Å². The summed E-state index contributed by atoms with van der Waals surface area (Å²) in [6, 6.07) is 26.6. The van der Waals surface area contributed by atoms with Crippen LogP contribution in [0.5, 0.6) is 0 Å². The van der Waals surface area contributed by atoms with Gasteiger partial charge in [0.2, 0.25) is 0 Å². The number of nitrogens with one attached hydrogen (secondary N) is 1. The third-order valence-corrected chi connectivity index (χ3v) is 4.40. The molecule has 0 fully saturated rings. The standard InChI is InChI=1S/C23H21NO4/c25-22(26)21(24-23(27)28-16-17-10-4-1-5-11-17)20(18-12-6-2-7-13-18)19-14-8-3-9-15-19/h1-15,20-21H,16H2,(H,24,27)(H,25,26)/t21-/m1/s1. The van der Waals surface area contributed by atoms with Crippen molar-refractivity contribution in [3.8, 4) is 0 Å². The monoisotopic (exact) mass is 375 g/mol. The van der Waals surface area contributed by atoms with E-state index in [0.29, 0.717) is 0 Å². The topological polar surface area (TPSA) is 75.6 Å². The Morgan fingerprint density at radius 3 is 1.71 bits per heavy atom. The summed E-state index contributed by atoms with van der Waals surface area (Å²) in [7, 11) is 0. The number of carbonyl (C=O) groups is 2. The maximum atomic E-state index is 12.3. The van der Waals surface area contributed by atoms with Crippen molar-refractivity contribution in [1.82, 2.24) is 5.32 Å². The molecule has 3 rings (SSSR count). The van der Waals surface area contributed by atoms with Crippen LogP contribution in [0.2, 0.25) is 0 Å². The highest BCUT2D eigenvalue weighted by atomic mass is 16.5. The fourth-order valence-electron chi connectivity index (χ4n) is 3.08. The number of hydrogen-bond acceptors (Lipinski definition) is 3. The molecule has 0 aliphatic heterocycles. The smallest absolute Gasteiger partial charge is 0.408 e. The van der Waals surface area contributed by atoms with Crippen LogP contribution in [-0.2, 0) is 16.1 Å². The van der Waals surface area contributed by atoms with Crippen LogP contribution >= 0.6 is 0 Å². The molecule has 0 bridgehead atoms. The summed E-state index contributed by atoms with van der Waals surface area (Å²) in [5.41, 5.74) is 2.42. The highest BCUT2D eigenvalue weighted by molar-refractivity contribution is 5.81. The summed E-state index contributed by atoms with van der Waals surface area (Å²) >= 11 is 0. The number of amides is 1. The number of ether oxygens (including phenoxy) is 1. The molecule has 142 valence electrons. The number of benzene rings is 3. The van der Waals surface area contributed by atoms with E-state index in [1.54, 1.807) is 0 Å². The normalized spacial score (nSPS) is 11.6. The maximum absolute atomic E-state index is 12.3. The van der Waals surface area contributed by atoms with Gasteiger partial charge in [0.25, 0.3) is 0 Å². The first-order valence-corrected chi connectivity index (χ1v) is 8.95. The fraction of sp³-hybridized carbons (Fsp3) is 0.130. The summed E-state index contributed by atoms with van der Waals surface area (Å²) < 4.78 is 5.22. The van der Waals surface area contributed by atoms with Gasteiger partial charge in [-0.1, -0.05) is 91.0 Å². The van der Waals surface area contributed by atoms with E-state index in [0.717, 1.165) is 16.7 Å². The number of rotatable bonds is 7. The Hall–Kier alpha value is -3.60. The molecule has 0 aliphatic carbocycles.